The van der Waals surface area contributed by atoms with Crippen molar-refractivity contribution < 1.29 is 105 Å². The molecule has 23 nitrogen and oxygen atoms in total. The van der Waals surface area contributed by atoms with Gasteiger partial charge in [0, 0.05) is 25.9 Å². The highest BCUT2D eigenvalue weighted by atomic mass is 16.8. The van der Waals surface area contributed by atoms with Gasteiger partial charge in [-0.2, -0.15) is 0 Å². The number of nitrogens with zero attached hydrogens (tertiary/aromatic N) is 1. The van der Waals surface area contributed by atoms with Crippen LogP contribution >= 0.6 is 0 Å². The number of hydrogen-bond donors (Lipinski definition) is 1. The van der Waals surface area contributed by atoms with Gasteiger partial charge in [-0.3, -0.25) is 9.59 Å². The van der Waals surface area contributed by atoms with E-state index in [1.807, 2.05) is 36.1 Å². The Hall–Kier alpha value is -7.38. The van der Waals surface area contributed by atoms with Gasteiger partial charge in [0.1, 0.15) is 44.2 Å². The van der Waals surface area contributed by atoms with Crippen molar-refractivity contribution in [1.82, 2.24) is 4.90 Å². The summed E-state index contributed by atoms with van der Waals surface area (Å²) in [5.74, 6) is -6.03. The molecule has 0 amide bonds. The number of cyclic esters (lactones) is 2. The second-order valence-electron chi connectivity index (χ2n) is 24.9. The second kappa shape index (κ2) is 32.9. The molecule has 3 fully saturated rings. The van der Waals surface area contributed by atoms with Gasteiger partial charge >= 0.3 is 36.6 Å². The number of carbonyl (C=O) groups excluding carboxylic acids is 6. The molecule has 0 bridgehead atoms. The summed E-state index contributed by atoms with van der Waals surface area (Å²) in [6, 6.07) is 35.0. The molecule has 92 heavy (non-hydrogen) atoms. The minimum absolute atomic E-state index is 0.0683. The van der Waals surface area contributed by atoms with E-state index in [9.17, 15) is 29.1 Å². The van der Waals surface area contributed by atoms with Gasteiger partial charge in [0.2, 0.25) is 0 Å². The minimum atomic E-state index is -2.28. The first kappa shape index (κ1) is 72.1. The number of carbonyl (C=O) groups is 6. The van der Waals surface area contributed by atoms with Gasteiger partial charge in [-0.15, -0.1) is 0 Å². The Morgan fingerprint density at radius 2 is 1.01 bits per heavy atom. The SMILES string of the molecule is CC[C@@H]1OC(=O)[C@H](C)[C@@H](O[C@H]2C[C@@](C)(OC)[C@@H](OC(=O)OCc3ccccc3)[C@H](C)O2)[C@H](C)C(O[C@@H]2O[C@H](C)C[C@H](N(C)C)[C@H]2OC(=O)OCc2ccccc2)[C@](C)(O)C[C@@H](C)OC(=O)[C@@H](C)[C@@H](OC(=O)OCc2ccccc2)[C@]1(C)OC(=O)OCc1ccccc1. The molecule has 4 aromatic rings. The van der Waals surface area contributed by atoms with Crippen LogP contribution in [-0.4, -0.2) is 158 Å². The van der Waals surface area contributed by atoms with Gasteiger partial charge in [-0.1, -0.05) is 135 Å². The Kier molecular flexibility index (Phi) is 25.8. The fraction of sp³-hybridized carbons (Fsp3) is 0.565. The number of hydrogen-bond acceptors (Lipinski definition) is 23. The summed E-state index contributed by atoms with van der Waals surface area (Å²) in [6.45, 7) is 15.0. The lowest BCUT2D eigenvalue weighted by Gasteiger charge is -2.49. The molecule has 1 N–H and O–H groups in total. The molecule has 504 valence electrons. The number of methoxy groups -OCH3 is 1. The van der Waals surface area contributed by atoms with Crippen molar-refractivity contribution in [1.29, 1.82) is 0 Å². The maximum atomic E-state index is 15.6. The standard InChI is InChI=1S/C69H91NO22/c1-14-53-69(10,92-66(76)82-41-51-33-25-18-26-34-51)58(90-64(74)80-39-49-29-21-16-22-30-49)46(6)61(72)83-43(3)36-67(8,77)57(89-62-56(52(70(11)12)35-42(2)84-62)88-63(73)79-38-48-27-19-15-20-28-48)44(4)55(45(5)60(71)86-53)87-54-37-68(9,78-13)59(47(7)85-54)91-65(75)81-40-50-31-23-17-24-32-50/h15-34,42-47,52-59,62,77H,14,35-41H2,1-13H3/t42-,43-,44+,45-,46+,47+,52+,53+,54+,55+,56-,57?,58-,59+,62+,67-,68-,69-/m1/s1. The molecule has 3 aliphatic rings. The third-order valence-corrected chi connectivity index (χ3v) is 17.2. The van der Waals surface area contributed by atoms with Crippen LogP contribution in [0.5, 0.6) is 0 Å². The van der Waals surface area contributed by atoms with Gasteiger partial charge < -0.3 is 81.1 Å². The van der Waals surface area contributed by atoms with Crippen molar-refractivity contribution in [3.8, 4) is 0 Å². The first-order chi connectivity index (χ1) is 43.7. The molecule has 1 unspecified atom stereocenters. The molecule has 0 radical (unpaired) electrons. The van der Waals surface area contributed by atoms with E-state index in [2.05, 4.69) is 0 Å². The van der Waals surface area contributed by atoms with Crippen LogP contribution in [0.1, 0.15) is 117 Å². The average molecular weight is 1290 g/mol. The van der Waals surface area contributed by atoms with Crippen LogP contribution in [-0.2, 0) is 107 Å². The Morgan fingerprint density at radius 1 is 0.554 bits per heavy atom. The van der Waals surface area contributed by atoms with E-state index in [1.165, 1.54) is 41.7 Å². The summed E-state index contributed by atoms with van der Waals surface area (Å²) in [7, 11) is 5.05. The van der Waals surface area contributed by atoms with Crippen LogP contribution in [0, 0.1) is 17.8 Å². The highest BCUT2D eigenvalue weighted by Crippen LogP contribution is 2.42. The quantitative estimate of drug-likeness (QED) is 0.0675. The van der Waals surface area contributed by atoms with E-state index < -0.39 is 145 Å². The minimum Gasteiger partial charge on any atom is -0.462 e. The molecule has 18 atom stereocenters. The monoisotopic (exact) mass is 1290 g/mol. The van der Waals surface area contributed by atoms with Crippen LogP contribution in [0.3, 0.4) is 0 Å². The summed E-state index contributed by atoms with van der Waals surface area (Å²) in [4.78, 5) is 87.7. The van der Waals surface area contributed by atoms with E-state index in [1.54, 1.807) is 139 Å². The van der Waals surface area contributed by atoms with Crippen LogP contribution in [0.4, 0.5) is 19.2 Å². The van der Waals surface area contributed by atoms with Gasteiger partial charge in [-0.05, 0) is 105 Å². The van der Waals surface area contributed by atoms with Crippen molar-refractivity contribution in [2.24, 2.45) is 17.8 Å². The Bertz CT molecular complexity index is 2990. The molecule has 3 aliphatic heterocycles. The number of rotatable bonds is 19. The molecule has 23 heteroatoms. The fourth-order valence-corrected chi connectivity index (χ4v) is 12.3. The topological polar surface area (TPSA) is 264 Å². The zero-order valence-corrected chi connectivity index (χ0v) is 54.8. The van der Waals surface area contributed by atoms with Gasteiger partial charge in [0.25, 0.3) is 0 Å². The van der Waals surface area contributed by atoms with Crippen LogP contribution in [0.25, 0.3) is 0 Å². The van der Waals surface area contributed by atoms with E-state index in [-0.39, 0.29) is 45.7 Å². The summed E-state index contributed by atoms with van der Waals surface area (Å²) in [5, 5.41) is 13.3. The normalized spacial score (nSPS) is 32.2. The summed E-state index contributed by atoms with van der Waals surface area (Å²) < 4.78 is 92.7. The molecular formula is C69H91NO22. The molecule has 0 aliphatic carbocycles. The third-order valence-electron chi connectivity index (χ3n) is 17.2. The Balaban J connectivity index is 1.30. The molecular weight excluding hydrogens is 1190 g/mol. The zero-order valence-electron chi connectivity index (χ0n) is 54.8. The van der Waals surface area contributed by atoms with E-state index in [4.69, 9.17) is 71.1 Å². The Morgan fingerprint density at radius 3 is 1.48 bits per heavy atom. The number of esters is 2. The fourth-order valence-electron chi connectivity index (χ4n) is 12.3. The Labute approximate surface area is 538 Å². The maximum absolute atomic E-state index is 15.6. The van der Waals surface area contributed by atoms with Crippen LogP contribution in [0.2, 0.25) is 0 Å². The van der Waals surface area contributed by atoms with Gasteiger partial charge in [0.05, 0.1) is 47.9 Å². The lowest BCUT2D eigenvalue weighted by Crippen LogP contribution is -2.61. The van der Waals surface area contributed by atoms with E-state index in [0.717, 1.165) is 5.56 Å². The molecule has 3 heterocycles. The zero-order chi connectivity index (χ0) is 66.9. The van der Waals surface area contributed by atoms with E-state index in [0.29, 0.717) is 23.1 Å². The van der Waals surface area contributed by atoms with Crippen molar-refractivity contribution >= 4 is 36.6 Å². The predicted molar refractivity (Wildman–Crippen MR) is 330 cm³/mol. The van der Waals surface area contributed by atoms with Gasteiger partial charge in [0.15, 0.2) is 36.5 Å². The second-order valence-corrected chi connectivity index (χ2v) is 24.9. The maximum Gasteiger partial charge on any atom is 0.509 e. The van der Waals surface area contributed by atoms with Crippen molar-refractivity contribution in [2.75, 3.05) is 21.2 Å². The molecule has 4 aromatic carbocycles. The van der Waals surface area contributed by atoms with Crippen molar-refractivity contribution in [3.63, 3.8) is 0 Å². The lowest BCUT2D eigenvalue weighted by molar-refractivity contribution is -0.319. The molecule has 0 spiro atoms. The summed E-state index contributed by atoms with van der Waals surface area (Å²) in [5.41, 5.74) is -3.06. The van der Waals surface area contributed by atoms with Crippen molar-refractivity contribution in [2.45, 2.75) is 212 Å². The molecule has 0 aromatic heterocycles. The number of likely N-dealkylation sites (N-methyl/N-ethyl adjacent to an activating group) is 1. The third kappa shape index (κ3) is 19.4. The first-order valence-electron chi connectivity index (χ1n) is 31.2. The number of aliphatic hydroxyl groups is 1. The summed E-state index contributed by atoms with van der Waals surface area (Å²) in [6.07, 6.45) is -18.7. The molecule has 3 saturated heterocycles. The average Bonchev–Trinajstić information content (AvgIpc) is 0.996. The van der Waals surface area contributed by atoms with Crippen LogP contribution in [0.15, 0.2) is 121 Å². The lowest BCUT2D eigenvalue weighted by atomic mass is 9.79. The van der Waals surface area contributed by atoms with Gasteiger partial charge in [-0.25, -0.2) is 19.2 Å². The highest BCUT2D eigenvalue weighted by Gasteiger charge is 2.57. The highest BCUT2D eigenvalue weighted by molar-refractivity contribution is 5.75. The molecule has 0 saturated carbocycles. The largest absolute Gasteiger partial charge is 0.509 e. The smallest absolute Gasteiger partial charge is 0.462 e. The predicted octanol–water partition coefficient (Wildman–Crippen LogP) is 11.0. The number of benzene rings is 4. The number of ether oxygens (including phenoxy) is 15. The van der Waals surface area contributed by atoms with Crippen molar-refractivity contribution in [3.05, 3.63) is 144 Å². The van der Waals surface area contributed by atoms with E-state index >= 15 is 4.79 Å². The first-order valence-corrected chi connectivity index (χ1v) is 31.2. The van der Waals surface area contributed by atoms with Crippen LogP contribution < -0.4 is 0 Å². The summed E-state index contributed by atoms with van der Waals surface area (Å²) >= 11 is 0. The molecule has 7 rings (SSSR count).